The van der Waals surface area contributed by atoms with Crippen molar-refractivity contribution < 1.29 is 0 Å². The largest absolute Gasteiger partial charge is 0.326 e. The molecule has 2 nitrogen and oxygen atoms in total. The van der Waals surface area contributed by atoms with Gasteiger partial charge in [-0.25, -0.2) is 0 Å². The van der Waals surface area contributed by atoms with E-state index >= 15 is 0 Å². The molecule has 2 heteroatoms. The molecule has 13 heavy (non-hydrogen) atoms. The third-order valence-electron chi connectivity index (χ3n) is 4.26. The van der Waals surface area contributed by atoms with Crippen molar-refractivity contribution in [1.29, 1.82) is 0 Å². The van der Waals surface area contributed by atoms with E-state index in [2.05, 4.69) is 4.90 Å². The minimum atomic E-state index is 0.515. The van der Waals surface area contributed by atoms with Crippen molar-refractivity contribution in [2.24, 2.45) is 11.1 Å². The van der Waals surface area contributed by atoms with Crippen LogP contribution in [-0.2, 0) is 0 Å². The van der Waals surface area contributed by atoms with Crippen LogP contribution in [0.3, 0.4) is 0 Å². The second-order valence-electron chi connectivity index (χ2n) is 5.43. The van der Waals surface area contributed by atoms with E-state index in [1.807, 2.05) is 0 Å². The second-order valence-corrected chi connectivity index (χ2v) is 5.43. The van der Waals surface area contributed by atoms with Gasteiger partial charge < -0.3 is 5.73 Å². The van der Waals surface area contributed by atoms with Crippen LogP contribution in [0.5, 0.6) is 0 Å². The smallest absolute Gasteiger partial charge is 0.0263 e. The van der Waals surface area contributed by atoms with Crippen LogP contribution in [0.4, 0.5) is 0 Å². The number of nitrogens with two attached hydrogens (primary N) is 1. The van der Waals surface area contributed by atoms with Crippen LogP contribution in [0.1, 0.15) is 38.5 Å². The molecular weight excluding hydrogens is 160 g/mol. The Labute approximate surface area is 80.5 Å². The molecule has 3 aliphatic rings. The Balaban J connectivity index is 1.54. The first-order valence-electron chi connectivity index (χ1n) is 5.79. The van der Waals surface area contributed by atoms with Gasteiger partial charge in [-0.15, -0.1) is 0 Å². The van der Waals surface area contributed by atoms with Crippen LogP contribution in [0.2, 0.25) is 0 Å². The summed E-state index contributed by atoms with van der Waals surface area (Å²) >= 11 is 0. The molecule has 1 spiro atoms. The van der Waals surface area contributed by atoms with Crippen molar-refractivity contribution in [3.63, 3.8) is 0 Å². The number of rotatable bonds is 1. The topological polar surface area (TPSA) is 29.3 Å². The number of hydrogen-bond donors (Lipinski definition) is 1. The monoisotopic (exact) mass is 180 g/mol. The normalized spacial score (nSPS) is 43.2. The third kappa shape index (κ3) is 1.31. The lowest BCUT2D eigenvalue weighted by molar-refractivity contribution is -0.0343. The van der Waals surface area contributed by atoms with Crippen molar-refractivity contribution in [1.82, 2.24) is 4.90 Å². The maximum atomic E-state index is 5.85. The van der Waals surface area contributed by atoms with Crippen LogP contribution < -0.4 is 5.73 Å². The molecule has 2 atom stereocenters. The van der Waals surface area contributed by atoms with E-state index < -0.39 is 0 Å². The highest BCUT2D eigenvalue weighted by Gasteiger charge is 2.51. The van der Waals surface area contributed by atoms with E-state index in [0.717, 1.165) is 11.5 Å². The summed E-state index contributed by atoms with van der Waals surface area (Å²) in [5.41, 5.74) is 6.60. The van der Waals surface area contributed by atoms with Gasteiger partial charge in [0.2, 0.25) is 0 Å². The first kappa shape index (κ1) is 8.25. The van der Waals surface area contributed by atoms with Gasteiger partial charge in [0.25, 0.3) is 0 Å². The quantitative estimate of drug-likeness (QED) is 0.660. The Bertz CT molecular complexity index is 200. The second kappa shape index (κ2) is 2.71. The molecule has 0 aromatic rings. The molecule has 2 unspecified atom stereocenters. The van der Waals surface area contributed by atoms with E-state index in [1.165, 1.54) is 51.6 Å². The molecule has 3 fully saturated rings. The highest BCUT2D eigenvalue weighted by Crippen LogP contribution is 2.47. The summed E-state index contributed by atoms with van der Waals surface area (Å²) in [7, 11) is 0. The minimum Gasteiger partial charge on any atom is -0.326 e. The molecule has 2 N–H and O–H groups in total. The fraction of sp³-hybridized carbons (Fsp3) is 1.00. The van der Waals surface area contributed by atoms with Gasteiger partial charge in [-0.1, -0.05) is 19.3 Å². The Morgan fingerprint density at radius 3 is 2.23 bits per heavy atom. The highest BCUT2D eigenvalue weighted by atomic mass is 15.3. The van der Waals surface area contributed by atoms with Crippen molar-refractivity contribution in [3.05, 3.63) is 0 Å². The lowest BCUT2D eigenvalue weighted by atomic mass is 9.68. The molecule has 2 aliphatic carbocycles. The predicted octanol–water partition coefficient (Wildman–Crippen LogP) is 1.35. The number of likely N-dealkylation sites (tertiary alicyclic amines) is 1. The molecule has 1 heterocycles. The van der Waals surface area contributed by atoms with Gasteiger partial charge in [0.15, 0.2) is 0 Å². The summed E-state index contributed by atoms with van der Waals surface area (Å²) in [5.74, 6) is 0. The Hall–Kier alpha value is -0.0800. The van der Waals surface area contributed by atoms with Crippen LogP contribution in [0, 0.1) is 5.41 Å². The molecule has 74 valence electrons. The highest BCUT2D eigenvalue weighted by molar-refractivity contribution is 5.07. The van der Waals surface area contributed by atoms with Gasteiger partial charge in [-0.2, -0.15) is 0 Å². The molecule has 3 rings (SSSR count). The molecule has 1 saturated heterocycles. The van der Waals surface area contributed by atoms with Gasteiger partial charge in [-0.3, -0.25) is 4.90 Å². The van der Waals surface area contributed by atoms with E-state index in [-0.39, 0.29) is 0 Å². The molecule has 0 aromatic heterocycles. The molecule has 0 radical (unpaired) electrons. The standard InChI is InChI=1S/C11H20N2/c12-9-6-10(9)13-7-11(8-13)4-2-1-3-5-11/h9-10H,1-8,12H2. The number of nitrogens with zero attached hydrogens (tertiary/aromatic N) is 1. The van der Waals surface area contributed by atoms with Gasteiger partial charge in [0.05, 0.1) is 0 Å². The SMILES string of the molecule is NC1CC1N1CC2(CCCCC2)C1. The lowest BCUT2D eigenvalue weighted by Gasteiger charge is -2.53. The molecule has 0 aromatic carbocycles. The molecule has 2 saturated carbocycles. The summed E-state index contributed by atoms with van der Waals surface area (Å²) in [6, 6.07) is 1.29. The van der Waals surface area contributed by atoms with E-state index in [9.17, 15) is 0 Å². The zero-order chi connectivity index (χ0) is 8.89. The van der Waals surface area contributed by atoms with E-state index in [1.54, 1.807) is 0 Å². The molecular formula is C11H20N2. The van der Waals surface area contributed by atoms with Gasteiger partial charge in [0.1, 0.15) is 0 Å². The fourth-order valence-electron chi connectivity index (χ4n) is 3.29. The first-order valence-corrected chi connectivity index (χ1v) is 5.79. The Morgan fingerprint density at radius 2 is 1.69 bits per heavy atom. The summed E-state index contributed by atoms with van der Waals surface area (Å²) in [4.78, 5) is 2.62. The first-order chi connectivity index (χ1) is 6.29. The van der Waals surface area contributed by atoms with Gasteiger partial charge in [0, 0.05) is 25.2 Å². The van der Waals surface area contributed by atoms with Crippen molar-refractivity contribution in [2.75, 3.05) is 13.1 Å². The summed E-state index contributed by atoms with van der Waals surface area (Å²) in [6.07, 6.45) is 8.67. The van der Waals surface area contributed by atoms with Crippen molar-refractivity contribution >= 4 is 0 Å². The Kier molecular flexibility index (Phi) is 1.72. The zero-order valence-electron chi connectivity index (χ0n) is 8.34. The van der Waals surface area contributed by atoms with Crippen LogP contribution in [0.25, 0.3) is 0 Å². The fourth-order valence-corrected chi connectivity index (χ4v) is 3.29. The summed E-state index contributed by atoms with van der Waals surface area (Å²) in [5, 5.41) is 0. The molecule has 0 amide bonds. The predicted molar refractivity (Wildman–Crippen MR) is 53.5 cm³/mol. The van der Waals surface area contributed by atoms with E-state index in [0.29, 0.717) is 6.04 Å². The number of hydrogen-bond acceptors (Lipinski definition) is 2. The van der Waals surface area contributed by atoms with Gasteiger partial charge >= 0.3 is 0 Å². The average Bonchev–Trinajstić information content (AvgIpc) is 2.80. The maximum Gasteiger partial charge on any atom is 0.0263 e. The van der Waals surface area contributed by atoms with E-state index in [4.69, 9.17) is 5.73 Å². The average molecular weight is 180 g/mol. The minimum absolute atomic E-state index is 0.515. The third-order valence-corrected chi connectivity index (χ3v) is 4.26. The van der Waals surface area contributed by atoms with Crippen LogP contribution in [0.15, 0.2) is 0 Å². The van der Waals surface area contributed by atoms with Crippen molar-refractivity contribution in [2.45, 2.75) is 50.6 Å². The van der Waals surface area contributed by atoms with Crippen LogP contribution >= 0.6 is 0 Å². The maximum absolute atomic E-state index is 5.85. The van der Waals surface area contributed by atoms with Gasteiger partial charge in [-0.05, 0) is 24.7 Å². The lowest BCUT2D eigenvalue weighted by Crippen LogP contribution is -2.58. The molecule has 1 aliphatic heterocycles. The summed E-state index contributed by atoms with van der Waals surface area (Å²) < 4.78 is 0. The summed E-state index contributed by atoms with van der Waals surface area (Å²) in [6.45, 7) is 2.73. The zero-order valence-corrected chi connectivity index (χ0v) is 8.34. The molecule has 0 bridgehead atoms. The Morgan fingerprint density at radius 1 is 1.08 bits per heavy atom. The van der Waals surface area contributed by atoms with Crippen molar-refractivity contribution in [3.8, 4) is 0 Å². The van der Waals surface area contributed by atoms with Crippen LogP contribution in [-0.4, -0.2) is 30.1 Å².